The summed E-state index contributed by atoms with van der Waals surface area (Å²) in [7, 11) is 1.51. The van der Waals surface area contributed by atoms with Crippen LogP contribution >= 0.6 is 11.8 Å². The molecule has 1 saturated heterocycles. The summed E-state index contributed by atoms with van der Waals surface area (Å²) in [6.45, 7) is 3.32. The third kappa shape index (κ3) is 2.93. The molecule has 0 amide bonds. The van der Waals surface area contributed by atoms with Crippen molar-refractivity contribution in [1.29, 1.82) is 0 Å². The van der Waals surface area contributed by atoms with E-state index >= 15 is 0 Å². The number of methoxy groups -OCH3 is 1. The summed E-state index contributed by atoms with van der Waals surface area (Å²) >= 11 is 1.52. The molecule has 0 radical (unpaired) electrons. The van der Waals surface area contributed by atoms with Crippen LogP contribution in [0, 0.1) is 0 Å². The highest BCUT2D eigenvalue weighted by Gasteiger charge is 2.32. The Balaban J connectivity index is 1.79. The van der Waals surface area contributed by atoms with Crippen LogP contribution in [-0.4, -0.2) is 40.3 Å². The van der Waals surface area contributed by atoms with E-state index in [1.54, 1.807) is 12.1 Å². The van der Waals surface area contributed by atoms with Crippen molar-refractivity contribution in [1.82, 2.24) is 9.78 Å². The molecule has 2 N–H and O–H groups in total. The molecule has 4 rings (SSSR count). The van der Waals surface area contributed by atoms with Crippen LogP contribution in [0.15, 0.2) is 28.0 Å². The average Bonchev–Trinajstić information content (AvgIpc) is 2.98. The zero-order valence-corrected chi connectivity index (χ0v) is 15.5. The van der Waals surface area contributed by atoms with Crippen LogP contribution in [0.4, 0.5) is 5.82 Å². The van der Waals surface area contributed by atoms with Gasteiger partial charge in [-0.05, 0) is 37.5 Å². The number of aromatic nitrogens is 2. The summed E-state index contributed by atoms with van der Waals surface area (Å²) in [6, 6.07) is 5.44. The third-order valence-electron chi connectivity index (χ3n) is 4.81. The van der Waals surface area contributed by atoms with Crippen LogP contribution in [0.3, 0.4) is 0 Å². The first-order chi connectivity index (χ1) is 12.6. The van der Waals surface area contributed by atoms with Crippen molar-refractivity contribution in [2.24, 2.45) is 4.99 Å². The molecule has 138 valence electrons. The molecular formula is C18H21N3O4S. The predicted octanol–water partition coefficient (Wildman–Crippen LogP) is 3.13. The van der Waals surface area contributed by atoms with Gasteiger partial charge in [-0.2, -0.15) is 0 Å². The minimum atomic E-state index is -0.218. The van der Waals surface area contributed by atoms with Crippen molar-refractivity contribution in [3.05, 3.63) is 39.7 Å². The fraction of sp³-hybridized carbons (Fsp3) is 0.444. The SMILES string of the molecule is COc1ccc([C@@H]2SC(C)=Nc3c2c(=O)[nH]n3C2CCOCC2)cc1O. The second kappa shape index (κ2) is 6.85. The number of rotatable bonds is 3. The van der Waals surface area contributed by atoms with Crippen molar-refractivity contribution in [2.45, 2.75) is 31.1 Å². The number of phenols is 1. The number of thioether (sulfide) groups is 1. The van der Waals surface area contributed by atoms with Gasteiger partial charge in [-0.25, -0.2) is 4.99 Å². The molecule has 2 aromatic rings. The molecule has 1 atom stereocenters. The Hall–Kier alpha value is -2.19. The van der Waals surface area contributed by atoms with Crippen LogP contribution in [0.1, 0.15) is 42.2 Å². The molecule has 7 nitrogen and oxygen atoms in total. The quantitative estimate of drug-likeness (QED) is 0.860. The monoisotopic (exact) mass is 375 g/mol. The van der Waals surface area contributed by atoms with Crippen molar-refractivity contribution in [3.63, 3.8) is 0 Å². The summed E-state index contributed by atoms with van der Waals surface area (Å²) in [5.74, 6) is 1.17. The number of hydrogen-bond acceptors (Lipinski definition) is 6. The van der Waals surface area contributed by atoms with Gasteiger partial charge in [0.2, 0.25) is 0 Å². The van der Waals surface area contributed by atoms with Crippen LogP contribution in [-0.2, 0) is 4.74 Å². The number of nitrogens with one attached hydrogen (secondary N) is 1. The Kier molecular flexibility index (Phi) is 4.54. The number of fused-ring (bicyclic) bond motifs is 1. The summed E-state index contributed by atoms with van der Waals surface area (Å²) in [5.41, 5.74) is 1.35. The smallest absolute Gasteiger partial charge is 0.271 e. The summed E-state index contributed by atoms with van der Waals surface area (Å²) in [4.78, 5) is 17.4. The van der Waals surface area contributed by atoms with Gasteiger partial charge >= 0.3 is 0 Å². The van der Waals surface area contributed by atoms with Crippen LogP contribution in [0.5, 0.6) is 11.5 Å². The Bertz CT molecular complexity index is 912. The Morgan fingerprint density at radius 2 is 2.15 bits per heavy atom. The fourth-order valence-electron chi connectivity index (χ4n) is 3.52. The molecule has 0 saturated carbocycles. The summed E-state index contributed by atoms with van der Waals surface area (Å²) in [5, 5.41) is 13.8. The van der Waals surface area contributed by atoms with E-state index in [-0.39, 0.29) is 22.6 Å². The van der Waals surface area contributed by atoms with Gasteiger partial charge in [0, 0.05) is 13.2 Å². The number of phenolic OH excluding ortho intramolecular Hbond substituents is 1. The lowest BCUT2D eigenvalue weighted by Gasteiger charge is -2.26. The lowest BCUT2D eigenvalue weighted by atomic mass is 10.0. The molecular weight excluding hydrogens is 354 g/mol. The number of hydrogen-bond donors (Lipinski definition) is 2. The number of aliphatic imine (C=N–C) groups is 1. The Morgan fingerprint density at radius 1 is 1.38 bits per heavy atom. The first kappa shape index (κ1) is 17.2. The van der Waals surface area contributed by atoms with E-state index < -0.39 is 0 Å². The zero-order chi connectivity index (χ0) is 18.3. The maximum absolute atomic E-state index is 12.7. The minimum Gasteiger partial charge on any atom is -0.504 e. The second-order valence-electron chi connectivity index (χ2n) is 6.45. The van der Waals surface area contributed by atoms with Crippen LogP contribution in [0.25, 0.3) is 0 Å². The third-order valence-corrected chi connectivity index (χ3v) is 5.99. The van der Waals surface area contributed by atoms with E-state index in [2.05, 4.69) is 10.1 Å². The predicted molar refractivity (Wildman–Crippen MR) is 101 cm³/mol. The minimum absolute atomic E-state index is 0.0626. The van der Waals surface area contributed by atoms with E-state index in [4.69, 9.17) is 9.47 Å². The van der Waals surface area contributed by atoms with Gasteiger partial charge in [0.25, 0.3) is 5.56 Å². The highest BCUT2D eigenvalue weighted by molar-refractivity contribution is 8.14. The molecule has 1 aromatic carbocycles. The van der Waals surface area contributed by atoms with E-state index in [9.17, 15) is 9.90 Å². The van der Waals surface area contributed by atoms with Gasteiger partial charge < -0.3 is 14.6 Å². The standard InChI is InChI=1S/C18H21N3O4S/c1-10-19-17-15(18(23)20-21(17)12-5-7-25-8-6-12)16(26-10)11-3-4-14(24-2)13(22)9-11/h3-4,9,12,16,22H,5-8H2,1-2H3,(H,20,23)/t16-/m0/s1. The van der Waals surface area contributed by atoms with Gasteiger partial charge in [-0.15, -0.1) is 0 Å². The number of nitrogens with zero attached hydrogens (tertiary/aromatic N) is 2. The topological polar surface area (TPSA) is 88.8 Å². The average molecular weight is 375 g/mol. The lowest BCUT2D eigenvalue weighted by Crippen LogP contribution is -2.21. The molecule has 0 aliphatic carbocycles. The first-order valence-electron chi connectivity index (χ1n) is 8.59. The van der Waals surface area contributed by atoms with Crippen LogP contribution < -0.4 is 10.3 Å². The fourth-order valence-corrected chi connectivity index (χ4v) is 4.61. The maximum Gasteiger partial charge on any atom is 0.271 e. The molecule has 0 spiro atoms. The van der Waals surface area contributed by atoms with E-state index in [0.29, 0.717) is 30.3 Å². The van der Waals surface area contributed by atoms with E-state index in [1.807, 2.05) is 17.7 Å². The van der Waals surface area contributed by atoms with Gasteiger partial charge in [-0.3, -0.25) is 14.6 Å². The van der Waals surface area contributed by atoms with Crippen molar-refractivity contribution < 1.29 is 14.6 Å². The van der Waals surface area contributed by atoms with Gasteiger partial charge in [0.1, 0.15) is 0 Å². The molecule has 2 aliphatic rings. The molecule has 1 aromatic heterocycles. The van der Waals surface area contributed by atoms with Crippen molar-refractivity contribution in [2.75, 3.05) is 20.3 Å². The van der Waals surface area contributed by atoms with E-state index in [0.717, 1.165) is 23.4 Å². The van der Waals surface area contributed by atoms with Gasteiger partial charge in [0.15, 0.2) is 17.3 Å². The molecule has 8 heteroatoms. The second-order valence-corrected chi connectivity index (χ2v) is 7.75. The molecule has 0 unspecified atom stereocenters. The molecule has 0 bridgehead atoms. The molecule has 2 aliphatic heterocycles. The number of H-pyrrole nitrogens is 1. The maximum atomic E-state index is 12.7. The summed E-state index contributed by atoms with van der Waals surface area (Å²) in [6.07, 6.45) is 1.71. The van der Waals surface area contributed by atoms with Crippen LogP contribution in [0.2, 0.25) is 0 Å². The number of ether oxygens (including phenoxy) is 2. The first-order valence-corrected chi connectivity index (χ1v) is 9.47. The van der Waals surface area contributed by atoms with E-state index in [1.165, 1.54) is 18.9 Å². The number of aromatic hydroxyl groups is 1. The Morgan fingerprint density at radius 3 is 2.85 bits per heavy atom. The van der Waals surface area contributed by atoms with Crippen molar-refractivity contribution >= 4 is 22.6 Å². The molecule has 26 heavy (non-hydrogen) atoms. The highest BCUT2D eigenvalue weighted by atomic mass is 32.2. The lowest BCUT2D eigenvalue weighted by molar-refractivity contribution is 0.0666. The van der Waals surface area contributed by atoms with Gasteiger partial charge in [-0.1, -0.05) is 17.8 Å². The largest absolute Gasteiger partial charge is 0.504 e. The number of aromatic amines is 1. The van der Waals surface area contributed by atoms with Gasteiger partial charge in [0.05, 0.1) is 29.0 Å². The normalized spacial score (nSPS) is 20.5. The van der Waals surface area contributed by atoms with Crippen molar-refractivity contribution in [3.8, 4) is 11.5 Å². The highest BCUT2D eigenvalue weighted by Crippen LogP contribution is 2.46. The zero-order valence-electron chi connectivity index (χ0n) is 14.7. The molecule has 3 heterocycles. The summed E-state index contributed by atoms with van der Waals surface area (Å²) < 4.78 is 12.5. The number of benzene rings is 1. The molecule has 1 fully saturated rings. The Labute approximate surface area is 155 Å².